The van der Waals surface area contributed by atoms with Crippen LogP contribution >= 0.6 is 25.3 Å². The molecule has 0 saturated heterocycles. The minimum atomic E-state index is -1.15. The molecular formula is C18H35N5O5S2. The Morgan fingerprint density at radius 3 is 1.87 bits per heavy atom. The summed E-state index contributed by atoms with van der Waals surface area (Å²) >= 11 is 8.02. The van der Waals surface area contributed by atoms with Crippen LogP contribution < -0.4 is 27.4 Å². The Morgan fingerprint density at radius 2 is 1.40 bits per heavy atom. The Labute approximate surface area is 188 Å². The second kappa shape index (κ2) is 15.3. The molecule has 8 N–H and O–H groups in total. The third kappa shape index (κ3) is 11.0. The summed E-state index contributed by atoms with van der Waals surface area (Å²) in [4.78, 5) is 48.7. The van der Waals surface area contributed by atoms with E-state index >= 15 is 0 Å². The first-order valence-corrected chi connectivity index (χ1v) is 11.1. The summed E-state index contributed by atoms with van der Waals surface area (Å²) < 4.78 is 0. The Morgan fingerprint density at radius 1 is 0.867 bits per heavy atom. The average Bonchev–Trinajstić information content (AvgIpc) is 2.69. The van der Waals surface area contributed by atoms with Crippen molar-refractivity contribution in [2.24, 2.45) is 17.4 Å². The highest BCUT2D eigenvalue weighted by molar-refractivity contribution is 7.80. The zero-order valence-corrected chi connectivity index (χ0v) is 19.3. The predicted octanol–water partition coefficient (Wildman–Crippen LogP) is -1.11. The van der Waals surface area contributed by atoms with Crippen molar-refractivity contribution in [1.29, 1.82) is 0 Å². The van der Waals surface area contributed by atoms with Crippen LogP contribution in [0.15, 0.2) is 0 Å². The van der Waals surface area contributed by atoms with Crippen LogP contribution in [-0.2, 0) is 19.2 Å². The van der Waals surface area contributed by atoms with Gasteiger partial charge in [-0.2, -0.15) is 25.3 Å². The molecule has 4 unspecified atom stereocenters. The maximum Gasteiger partial charge on any atom is 0.326 e. The fraction of sp³-hybridized carbons (Fsp3) is 0.778. The third-order valence-corrected chi connectivity index (χ3v) is 5.01. The quantitative estimate of drug-likeness (QED) is 0.112. The number of rotatable bonds is 15. The predicted molar refractivity (Wildman–Crippen MR) is 121 cm³/mol. The summed E-state index contributed by atoms with van der Waals surface area (Å²) in [5.41, 5.74) is 11.1. The summed E-state index contributed by atoms with van der Waals surface area (Å²) in [5, 5.41) is 16.9. The van der Waals surface area contributed by atoms with Gasteiger partial charge in [-0.05, 0) is 38.1 Å². The van der Waals surface area contributed by atoms with Crippen LogP contribution in [0.3, 0.4) is 0 Å². The molecule has 4 atom stereocenters. The lowest BCUT2D eigenvalue weighted by Gasteiger charge is -2.25. The molecule has 0 rings (SSSR count). The number of amides is 3. The van der Waals surface area contributed by atoms with E-state index in [-0.39, 0.29) is 30.3 Å². The largest absolute Gasteiger partial charge is 0.480 e. The number of aliphatic carboxylic acids is 1. The van der Waals surface area contributed by atoms with E-state index in [1.807, 2.05) is 13.8 Å². The minimum absolute atomic E-state index is 0.0148. The molecule has 0 aliphatic carbocycles. The molecule has 0 aliphatic heterocycles. The molecule has 0 aromatic carbocycles. The minimum Gasteiger partial charge on any atom is -0.480 e. The molecular weight excluding hydrogens is 430 g/mol. The first-order chi connectivity index (χ1) is 14.1. The van der Waals surface area contributed by atoms with Gasteiger partial charge in [-0.1, -0.05) is 13.8 Å². The van der Waals surface area contributed by atoms with Crippen molar-refractivity contribution < 1.29 is 24.3 Å². The number of carbonyl (C=O) groups is 4. The van der Waals surface area contributed by atoms with E-state index in [4.69, 9.17) is 11.5 Å². The number of hydrogen-bond acceptors (Lipinski definition) is 8. The maximum absolute atomic E-state index is 12.7. The number of nitrogens with two attached hydrogens (primary N) is 2. The molecule has 3 amide bonds. The van der Waals surface area contributed by atoms with Crippen LogP contribution in [0.5, 0.6) is 0 Å². The second-order valence-corrected chi connectivity index (χ2v) is 8.14. The van der Waals surface area contributed by atoms with Crippen LogP contribution in [0.4, 0.5) is 0 Å². The molecule has 12 heteroatoms. The topological polar surface area (TPSA) is 177 Å². The fourth-order valence-electron chi connectivity index (χ4n) is 2.55. The number of carboxylic acids is 1. The first-order valence-electron chi connectivity index (χ1n) is 9.88. The van der Waals surface area contributed by atoms with E-state index in [1.54, 1.807) is 0 Å². The molecule has 0 radical (unpaired) electrons. The highest BCUT2D eigenvalue weighted by Crippen LogP contribution is 2.08. The van der Waals surface area contributed by atoms with E-state index < -0.39 is 47.9 Å². The molecule has 0 heterocycles. The van der Waals surface area contributed by atoms with Crippen molar-refractivity contribution in [3.8, 4) is 0 Å². The molecule has 0 aromatic rings. The monoisotopic (exact) mass is 465 g/mol. The van der Waals surface area contributed by atoms with Gasteiger partial charge in [0, 0.05) is 11.5 Å². The lowest BCUT2D eigenvalue weighted by Crippen LogP contribution is -2.57. The van der Waals surface area contributed by atoms with Crippen LogP contribution in [0.2, 0.25) is 0 Å². The lowest BCUT2D eigenvalue weighted by molar-refractivity contribution is -0.142. The summed E-state index contributed by atoms with van der Waals surface area (Å²) in [6.45, 7) is 4.11. The first kappa shape index (κ1) is 28.5. The number of carbonyl (C=O) groups excluding carboxylic acids is 3. The van der Waals surface area contributed by atoms with Gasteiger partial charge in [0.1, 0.15) is 18.1 Å². The Kier molecular flexibility index (Phi) is 14.6. The highest BCUT2D eigenvalue weighted by atomic mass is 32.1. The van der Waals surface area contributed by atoms with Crippen molar-refractivity contribution in [2.75, 3.05) is 18.1 Å². The van der Waals surface area contributed by atoms with Gasteiger partial charge in [0.15, 0.2) is 0 Å². The van der Waals surface area contributed by atoms with Crippen molar-refractivity contribution in [3.05, 3.63) is 0 Å². The molecule has 0 spiro atoms. The number of unbranched alkanes of at least 4 members (excludes halogenated alkanes) is 1. The highest BCUT2D eigenvalue weighted by Gasteiger charge is 2.29. The molecule has 0 aromatic heterocycles. The van der Waals surface area contributed by atoms with Gasteiger partial charge in [0.2, 0.25) is 17.7 Å². The van der Waals surface area contributed by atoms with Crippen molar-refractivity contribution in [3.63, 3.8) is 0 Å². The van der Waals surface area contributed by atoms with Crippen molar-refractivity contribution >= 4 is 48.9 Å². The van der Waals surface area contributed by atoms with Crippen molar-refractivity contribution in [1.82, 2.24) is 16.0 Å². The molecule has 0 aliphatic rings. The van der Waals surface area contributed by atoms with Gasteiger partial charge in [-0.25, -0.2) is 4.79 Å². The summed E-state index contributed by atoms with van der Waals surface area (Å²) in [5.74, 6) is -2.80. The summed E-state index contributed by atoms with van der Waals surface area (Å²) in [7, 11) is 0. The number of nitrogens with one attached hydrogen (secondary N) is 3. The van der Waals surface area contributed by atoms with E-state index in [9.17, 15) is 24.3 Å². The average molecular weight is 466 g/mol. The smallest absolute Gasteiger partial charge is 0.326 e. The number of hydrogen-bond donors (Lipinski definition) is 8. The van der Waals surface area contributed by atoms with E-state index in [0.717, 1.165) is 0 Å². The molecule has 0 bridgehead atoms. The van der Waals surface area contributed by atoms with E-state index in [2.05, 4.69) is 41.2 Å². The zero-order chi connectivity index (χ0) is 23.3. The number of carboxylic acid groups (broad SMARTS) is 1. The normalized spacial score (nSPS) is 15.0. The molecule has 0 saturated carbocycles. The summed E-state index contributed by atoms with van der Waals surface area (Å²) in [6, 6.07) is -3.95. The van der Waals surface area contributed by atoms with Crippen molar-refractivity contribution in [2.45, 2.75) is 63.7 Å². The van der Waals surface area contributed by atoms with Gasteiger partial charge in [0.25, 0.3) is 0 Å². The van der Waals surface area contributed by atoms with Gasteiger partial charge < -0.3 is 32.5 Å². The van der Waals surface area contributed by atoms with Gasteiger partial charge in [0.05, 0.1) is 6.04 Å². The standard InChI is InChI=1S/C18H35N5O5S2/c1-10(2)7-13(18(27)28)22-16(25)12(5-3-4-6-19)21-17(26)14(9-30)23-15(24)11(20)8-29/h10-14,29-30H,3-9,19-20H2,1-2H3,(H,21,26)(H,22,25)(H,23,24)(H,27,28). The summed E-state index contributed by atoms with van der Waals surface area (Å²) in [6.07, 6.45) is 1.71. The Balaban J connectivity index is 5.24. The molecule has 0 fully saturated rings. The SMILES string of the molecule is CC(C)CC(NC(=O)C(CCCCN)NC(=O)C(CS)NC(=O)C(N)CS)C(=O)O. The van der Waals surface area contributed by atoms with Gasteiger partial charge in [-0.15, -0.1) is 0 Å². The Hall–Kier alpha value is -1.50. The molecule has 174 valence electrons. The van der Waals surface area contributed by atoms with Crippen LogP contribution in [0, 0.1) is 5.92 Å². The van der Waals surface area contributed by atoms with Crippen LogP contribution in [-0.4, -0.2) is 71.0 Å². The second-order valence-electron chi connectivity index (χ2n) is 7.41. The fourth-order valence-corrected chi connectivity index (χ4v) is 2.98. The van der Waals surface area contributed by atoms with E-state index in [0.29, 0.717) is 19.4 Å². The third-order valence-electron chi connectivity index (χ3n) is 4.25. The molecule has 30 heavy (non-hydrogen) atoms. The molecule has 10 nitrogen and oxygen atoms in total. The lowest BCUT2D eigenvalue weighted by atomic mass is 10.0. The van der Waals surface area contributed by atoms with Gasteiger partial charge >= 0.3 is 5.97 Å². The maximum atomic E-state index is 12.7. The van der Waals surface area contributed by atoms with Gasteiger partial charge in [-0.3, -0.25) is 14.4 Å². The van der Waals surface area contributed by atoms with Crippen LogP contribution in [0.25, 0.3) is 0 Å². The number of thiol groups is 2. The Bertz CT molecular complexity index is 579. The van der Waals surface area contributed by atoms with Crippen LogP contribution in [0.1, 0.15) is 39.5 Å². The van der Waals surface area contributed by atoms with E-state index in [1.165, 1.54) is 0 Å². The zero-order valence-electron chi connectivity index (χ0n) is 17.5.